The van der Waals surface area contributed by atoms with Crippen LogP contribution in [0.2, 0.25) is 0 Å². The minimum absolute atomic E-state index is 0.0257. The summed E-state index contributed by atoms with van der Waals surface area (Å²) in [6.45, 7) is 5.11. The molecule has 5 rings (SSSR count). The second-order valence-corrected chi connectivity index (χ2v) is 9.27. The number of ether oxygens (including phenoxy) is 2. The molecule has 0 unspecified atom stereocenters. The topological polar surface area (TPSA) is 119 Å². The molecule has 39 heavy (non-hydrogen) atoms. The lowest BCUT2D eigenvalue weighted by Crippen LogP contribution is -2.32. The van der Waals surface area contributed by atoms with E-state index in [4.69, 9.17) is 9.47 Å². The Morgan fingerprint density at radius 3 is 2.64 bits per heavy atom. The Kier molecular flexibility index (Phi) is 8.09. The maximum atomic E-state index is 12.8. The molecule has 0 bridgehead atoms. The number of benzene rings is 1. The van der Waals surface area contributed by atoms with Gasteiger partial charge in [-0.15, -0.1) is 0 Å². The largest absolute Gasteiger partial charge is 0.494 e. The van der Waals surface area contributed by atoms with Crippen LogP contribution in [-0.2, 0) is 18.3 Å². The number of carbonyl (C=O) groups excluding carboxylic acids is 1. The monoisotopic (exact) mass is 528 g/mol. The molecule has 4 heterocycles. The molecule has 0 saturated carbocycles. The van der Waals surface area contributed by atoms with Gasteiger partial charge in [0.15, 0.2) is 17.4 Å². The second-order valence-electron chi connectivity index (χ2n) is 9.27. The Balaban J connectivity index is 1.39. The summed E-state index contributed by atoms with van der Waals surface area (Å²) in [6.07, 6.45) is 6.46. The molecular weight excluding hydrogens is 496 g/mol. The normalized spacial score (nSPS) is 13.7. The van der Waals surface area contributed by atoms with Crippen LogP contribution in [0.25, 0.3) is 11.4 Å². The molecule has 1 aliphatic rings. The van der Waals surface area contributed by atoms with E-state index in [2.05, 4.69) is 35.6 Å². The molecule has 4 aromatic rings. The molecule has 1 aromatic carbocycles. The van der Waals surface area contributed by atoms with E-state index in [1.54, 1.807) is 30.4 Å². The fourth-order valence-corrected chi connectivity index (χ4v) is 4.43. The first kappa shape index (κ1) is 26.3. The molecule has 0 radical (unpaired) electrons. The van der Waals surface area contributed by atoms with Crippen LogP contribution in [0.4, 0.5) is 23.0 Å². The Morgan fingerprint density at radius 1 is 1.08 bits per heavy atom. The zero-order valence-electron chi connectivity index (χ0n) is 22.3. The van der Waals surface area contributed by atoms with Crippen molar-refractivity contribution in [2.75, 3.05) is 37.6 Å². The van der Waals surface area contributed by atoms with Crippen LogP contribution in [0.15, 0.2) is 55.1 Å². The minimum Gasteiger partial charge on any atom is -0.494 e. The Labute approximate surface area is 227 Å². The number of methoxy groups -OCH3 is 1. The number of hydrogen-bond acceptors (Lipinski definition) is 10. The van der Waals surface area contributed by atoms with Crippen molar-refractivity contribution in [2.45, 2.75) is 26.3 Å². The standard InChI is InChI=1S/C28H32N8O3/c1-4-24(37)21-15-30-26(33-25-10-9-19(14-29-25)16-36-11-6-12-39-18-36)13-23(21)32-22-8-5-7-20(27(22)38-3)28-31-17-35(2)34-28/h5,7-10,13-15,17H,4,6,11-12,16,18H2,1-3H3,(H2,29,30,32,33). The van der Waals surface area contributed by atoms with E-state index in [0.717, 1.165) is 37.2 Å². The van der Waals surface area contributed by atoms with E-state index in [1.165, 1.54) is 0 Å². The maximum absolute atomic E-state index is 12.8. The Bertz CT molecular complexity index is 1430. The number of Topliss-reactive ketones (excluding diaryl/α,β-unsaturated/α-hetero) is 1. The molecule has 1 saturated heterocycles. The van der Waals surface area contributed by atoms with Crippen LogP contribution in [0.5, 0.6) is 5.75 Å². The van der Waals surface area contributed by atoms with E-state index in [1.807, 2.05) is 50.5 Å². The Hall–Kier alpha value is -4.35. The van der Waals surface area contributed by atoms with Crippen molar-refractivity contribution in [3.63, 3.8) is 0 Å². The number of aromatic nitrogens is 5. The summed E-state index contributed by atoms with van der Waals surface area (Å²) in [5, 5.41) is 11.0. The SMILES string of the molecule is CCC(=O)c1cnc(Nc2ccc(CN3CCCOC3)cn2)cc1Nc1cccc(-c2ncn(C)n2)c1OC. The highest BCUT2D eigenvalue weighted by Gasteiger charge is 2.18. The molecule has 0 spiro atoms. The van der Waals surface area contributed by atoms with Crippen molar-refractivity contribution in [2.24, 2.45) is 7.05 Å². The molecule has 202 valence electrons. The van der Waals surface area contributed by atoms with Gasteiger partial charge in [-0.25, -0.2) is 15.0 Å². The number of hydrogen-bond donors (Lipinski definition) is 2. The van der Waals surface area contributed by atoms with Gasteiger partial charge in [0.05, 0.1) is 36.3 Å². The van der Waals surface area contributed by atoms with Gasteiger partial charge in [-0.2, -0.15) is 5.10 Å². The highest BCUT2D eigenvalue weighted by Crippen LogP contribution is 2.37. The fraction of sp³-hybridized carbons (Fsp3) is 0.321. The maximum Gasteiger partial charge on any atom is 0.184 e. The van der Waals surface area contributed by atoms with Crippen molar-refractivity contribution in [1.29, 1.82) is 0 Å². The van der Waals surface area contributed by atoms with Gasteiger partial charge in [-0.3, -0.25) is 14.4 Å². The predicted molar refractivity (Wildman–Crippen MR) is 148 cm³/mol. The summed E-state index contributed by atoms with van der Waals surface area (Å²) in [5.74, 6) is 2.30. The van der Waals surface area contributed by atoms with Crippen molar-refractivity contribution >= 4 is 28.8 Å². The van der Waals surface area contributed by atoms with Crippen LogP contribution < -0.4 is 15.4 Å². The average molecular weight is 529 g/mol. The summed E-state index contributed by atoms with van der Waals surface area (Å²) < 4.78 is 12.9. The van der Waals surface area contributed by atoms with E-state index in [9.17, 15) is 4.79 Å². The molecule has 0 aliphatic carbocycles. The zero-order valence-corrected chi connectivity index (χ0v) is 22.3. The first-order valence-corrected chi connectivity index (χ1v) is 12.9. The number of ketones is 1. The number of para-hydroxylation sites is 1. The third-order valence-corrected chi connectivity index (χ3v) is 6.38. The van der Waals surface area contributed by atoms with Crippen LogP contribution in [0.1, 0.15) is 35.7 Å². The first-order valence-electron chi connectivity index (χ1n) is 12.9. The van der Waals surface area contributed by atoms with E-state index < -0.39 is 0 Å². The van der Waals surface area contributed by atoms with Gasteiger partial charge >= 0.3 is 0 Å². The first-order chi connectivity index (χ1) is 19.0. The number of aryl methyl sites for hydroxylation is 1. The lowest BCUT2D eigenvalue weighted by Gasteiger charge is -2.26. The third-order valence-electron chi connectivity index (χ3n) is 6.38. The molecule has 0 amide bonds. The van der Waals surface area contributed by atoms with Gasteiger partial charge in [0.1, 0.15) is 18.0 Å². The second kappa shape index (κ2) is 12.0. The molecule has 1 aliphatic heterocycles. The lowest BCUT2D eigenvalue weighted by atomic mass is 10.1. The van der Waals surface area contributed by atoms with Gasteiger partial charge in [-0.1, -0.05) is 19.1 Å². The van der Waals surface area contributed by atoms with E-state index in [0.29, 0.717) is 53.3 Å². The molecular formula is C28H32N8O3. The van der Waals surface area contributed by atoms with Crippen LogP contribution >= 0.6 is 0 Å². The van der Waals surface area contributed by atoms with Gasteiger partial charge in [-0.05, 0) is 30.2 Å². The summed E-state index contributed by atoms with van der Waals surface area (Å²) in [6, 6.07) is 11.4. The van der Waals surface area contributed by atoms with Gasteiger partial charge in [0.25, 0.3) is 0 Å². The summed E-state index contributed by atoms with van der Waals surface area (Å²) >= 11 is 0. The van der Waals surface area contributed by atoms with E-state index in [-0.39, 0.29) is 5.78 Å². The zero-order chi connectivity index (χ0) is 27.2. The average Bonchev–Trinajstić information content (AvgIpc) is 3.40. The smallest absolute Gasteiger partial charge is 0.184 e. The number of anilines is 4. The van der Waals surface area contributed by atoms with Crippen molar-refractivity contribution in [3.8, 4) is 17.1 Å². The van der Waals surface area contributed by atoms with E-state index >= 15 is 0 Å². The molecule has 2 N–H and O–H groups in total. The van der Waals surface area contributed by atoms with Crippen LogP contribution in [-0.4, -0.2) is 62.4 Å². The molecule has 1 fully saturated rings. The fourth-order valence-electron chi connectivity index (χ4n) is 4.43. The lowest BCUT2D eigenvalue weighted by molar-refractivity contribution is -0.0177. The van der Waals surface area contributed by atoms with Crippen LogP contribution in [0, 0.1) is 0 Å². The molecule has 3 aromatic heterocycles. The van der Waals surface area contributed by atoms with Crippen LogP contribution in [0.3, 0.4) is 0 Å². The predicted octanol–water partition coefficient (Wildman–Crippen LogP) is 4.54. The quantitative estimate of drug-likeness (QED) is 0.284. The molecule has 0 atom stereocenters. The van der Waals surface area contributed by atoms with Gasteiger partial charge in [0, 0.05) is 51.6 Å². The number of carbonyl (C=O) groups is 1. The number of rotatable bonds is 10. The minimum atomic E-state index is -0.0257. The van der Waals surface area contributed by atoms with Gasteiger partial charge in [0.2, 0.25) is 0 Å². The summed E-state index contributed by atoms with van der Waals surface area (Å²) in [4.78, 5) is 28.4. The highest BCUT2D eigenvalue weighted by atomic mass is 16.5. The highest BCUT2D eigenvalue weighted by molar-refractivity contribution is 6.02. The molecule has 11 heteroatoms. The number of nitrogens with zero attached hydrogens (tertiary/aromatic N) is 6. The summed E-state index contributed by atoms with van der Waals surface area (Å²) in [5.41, 5.74) is 3.61. The van der Waals surface area contributed by atoms with Gasteiger partial charge < -0.3 is 20.1 Å². The van der Waals surface area contributed by atoms with Crippen molar-refractivity contribution in [1.82, 2.24) is 29.6 Å². The van der Waals surface area contributed by atoms with Crippen molar-refractivity contribution < 1.29 is 14.3 Å². The third kappa shape index (κ3) is 6.21. The number of nitrogens with one attached hydrogen (secondary N) is 2. The van der Waals surface area contributed by atoms with Crippen molar-refractivity contribution in [3.05, 3.63) is 66.2 Å². The Morgan fingerprint density at radius 2 is 1.95 bits per heavy atom. The summed E-state index contributed by atoms with van der Waals surface area (Å²) in [7, 11) is 3.41. The number of pyridine rings is 2. The molecule has 11 nitrogen and oxygen atoms in total.